The Balaban J connectivity index is 2.07. The first-order valence-corrected chi connectivity index (χ1v) is 6.38. The van der Waals surface area contributed by atoms with E-state index in [0.29, 0.717) is 21.5 Å². The van der Waals surface area contributed by atoms with Gasteiger partial charge in [-0.15, -0.1) is 0 Å². The zero-order valence-electron chi connectivity index (χ0n) is 9.74. The predicted molar refractivity (Wildman–Crippen MR) is 77.9 cm³/mol. The van der Waals surface area contributed by atoms with Gasteiger partial charge in [-0.1, -0.05) is 6.07 Å². The molecular formula is C13H10BrFN4. The van der Waals surface area contributed by atoms with E-state index in [1.807, 2.05) is 0 Å². The van der Waals surface area contributed by atoms with Crippen LogP contribution in [0.15, 0.2) is 41.0 Å². The quantitative estimate of drug-likeness (QED) is 0.629. The molecule has 3 aromatic rings. The number of para-hydroxylation sites is 1. The van der Waals surface area contributed by atoms with Crippen LogP contribution in [0.5, 0.6) is 0 Å². The molecule has 6 heteroatoms. The molecule has 0 aliphatic heterocycles. The zero-order valence-corrected chi connectivity index (χ0v) is 11.3. The average molecular weight is 321 g/mol. The van der Waals surface area contributed by atoms with E-state index in [9.17, 15) is 4.39 Å². The smallest absolute Gasteiger partial charge is 0.147 e. The molecule has 19 heavy (non-hydrogen) atoms. The Morgan fingerprint density at radius 1 is 1.32 bits per heavy atom. The largest absolute Gasteiger partial charge is 0.397 e. The number of nitrogens with one attached hydrogen (secondary N) is 2. The predicted octanol–water partition coefficient (Wildman–Crippen LogP) is 3.79. The van der Waals surface area contributed by atoms with E-state index in [1.165, 1.54) is 6.07 Å². The number of H-pyrrole nitrogens is 1. The van der Waals surface area contributed by atoms with Crippen molar-refractivity contribution in [2.45, 2.75) is 0 Å². The second-order valence-electron chi connectivity index (χ2n) is 4.12. The van der Waals surface area contributed by atoms with E-state index in [0.717, 1.165) is 10.9 Å². The molecule has 0 radical (unpaired) electrons. The number of fused-ring (bicyclic) bond motifs is 1. The topological polar surface area (TPSA) is 66.7 Å². The summed E-state index contributed by atoms with van der Waals surface area (Å²) >= 11 is 3.31. The van der Waals surface area contributed by atoms with Gasteiger partial charge in [0.05, 0.1) is 28.8 Å². The summed E-state index contributed by atoms with van der Waals surface area (Å²) in [7, 11) is 0. The normalized spacial score (nSPS) is 10.8. The van der Waals surface area contributed by atoms with Crippen LogP contribution < -0.4 is 11.1 Å². The number of nitrogens with zero attached hydrogens (tertiary/aromatic N) is 1. The molecular weight excluding hydrogens is 311 g/mol. The fourth-order valence-electron chi connectivity index (χ4n) is 1.87. The summed E-state index contributed by atoms with van der Waals surface area (Å²) in [5.41, 5.74) is 8.30. The third kappa shape index (κ3) is 2.15. The SMILES string of the molecule is Nc1cc2cn[nH]c2cc1Nc1c(F)cccc1Br. The van der Waals surface area contributed by atoms with E-state index < -0.39 is 0 Å². The lowest BCUT2D eigenvalue weighted by atomic mass is 10.2. The summed E-state index contributed by atoms with van der Waals surface area (Å²) in [5, 5.41) is 10.7. The van der Waals surface area contributed by atoms with Gasteiger partial charge in [0.2, 0.25) is 0 Å². The Kier molecular flexibility index (Phi) is 2.87. The van der Waals surface area contributed by atoms with Gasteiger partial charge in [-0.05, 0) is 40.2 Å². The highest BCUT2D eigenvalue weighted by molar-refractivity contribution is 9.10. The van der Waals surface area contributed by atoms with Crippen LogP contribution in [0.25, 0.3) is 10.9 Å². The number of rotatable bonds is 2. The van der Waals surface area contributed by atoms with Gasteiger partial charge in [-0.25, -0.2) is 4.39 Å². The van der Waals surface area contributed by atoms with E-state index >= 15 is 0 Å². The Hall–Kier alpha value is -2.08. The number of benzene rings is 2. The molecule has 4 nitrogen and oxygen atoms in total. The third-order valence-corrected chi connectivity index (χ3v) is 3.49. The van der Waals surface area contributed by atoms with E-state index in [2.05, 4.69) is 31.4 Å². The summed E-state index contributed by atoms with van der Waals surface area (Å²) in [6, 6.07) is 8.37. The number of nitrogen functional groups attached to an aromatic ring is 1. The molecule has 1 aromatic heterocycles. The lowest BCUT2D eigenvalue weighted by Crippen LogP contribution is -1.99. The molecule has 2 aromatic carbocycles. The Morgan fingerprint density at radius 3 is 2.95 bits per heavy atom. The average Bonchev–Trinajstić information content (AvgIpc) is 2.81. The van der Waals surface area contributed by atoms with Gasteiger partial charge < -0.3 is 11.1 Å². The number of hydrogen-bond donors (Lipinski definition) is 3. The lowest BCUT2D eigenvalue weighted by Gasteiger charge is -2.12. The molecule has 0 aliphatic carbocycles. The monoisotopic (exact) mass is 320 g/mol. The van der Waals surface area contributed by atoms with Crippen LogP contribution in [0.4, 0.5) is 21.5 Å². The highest BCUT2D eigenvalue weighted by Gasteiger charge is 2.09. The second kappa shape index (κ2) is 4.55. The van der Waals surface area contributed by atoms with Gasteiger partial charge in [0, 0.05) is 9.86 Å². The van der Waals surface area contributed by atoms with Gasteiger partial charge >= 0.3 is 0 Å². The molecule has 0 unspecified atom stereocenters. The minimum absolute atomic E-state index is 0.349. The van der Waals surface area contributed by atoms with Crippen molar-refractivity contribution in [2.75, 3.05) is 11.1 Å². The molecule has 4 N–H and O–H groups in total. The summed E-state index contributed by atoms with van der Waals surface area (Å²) in [4.78, 5) is 0. The van der Waals surface area contributed by atoms with E-state index in [1.54, 1.807) is 30.5 Å². The summed E-state index contributed by atoms with van der Waals surface area (Å²) in [5.74, 6) is -0.349. The maximum Gasteiger partial charge on any atom is 0.147 e. The minimum Gasteiger partial charge on any atom is -0.397 e. The van der Waals surface area contributed by atoms with Crippen molar-refractivity contribution in [2.24, 2.45) is 0 Å². The van der Waals surface area contributed by atoms with Crippen molar-refractivity contribution in [1.82, 2.24) is 10.2 Å². The molecule has 0 bridgehead atoms. The molecule has 0 atom stereocenters. The van der Waals surface area contributed by atoms with Crippen LogP contribution in [-0.2, 0) is 0 Å². The molecule has 0 spiro atoms. The highest BCUT2D eigenvalue weighted by atomic mass is 79.9. The summed E-state index contributed by atoms with van der Waals surface area (Å²) < 4.78 is 14.4. The van der Waals surface area contributed by atoms with Crippen molar-refractivity contribution in [3.8, 4) is 0 Å². The second-order valence-corrected chi connectivity index (χ2v) is 4.97. The van der Waals surface area contributed by atoms with Gasteiger partial charge in [-0.3, -0.25) is 5.10 Å². The van der Waals surface area contributed by atoms with E-state index in [4.69, 9.17) is 5.73 Å². The fraction of sp³-hybridized carbons (Fsp3) is 0. The van der Waals surface area contributed by atoms with Crippen LogP contribution in [0.3, 0.4) is 0 Å². The van der Waals surface area contributed by atoms with Crippen molar-refractivity contribution in [3.05, 3.63) is 46.8 Å². The van der Waals surface area contributed by atoms with Crippen LogP contribution in [-0.4, -0.2) is 10.2 Å². The number of aromatic nitrogens is 2. The van der Waals surface area contributed by atoms with Crippen molar-refractivity contribution in [1.29, 1.82) is 0 Å². The van der Waals surface area contributed by atoms with Crippen LogP contribution in [0, 0.1) is 5.82 Å². The number of halogens is 2. The van der Waals surface area contributed by atoms with Gasteiger partial charge in [0.25, 0.3) is 0 Å². The highest BCUT2D eigenvalue weighted by Crippen LogP contribution is 2.32. The van der Waals surface area contributed by atoms with Crippen LogP contribution in [0.1, 0.15) is 0 Å². The summed E-state index contributed by atoms with van der Waals surface area (Å²) in [6.07, 6.45) is 1.69. The van der Waals surface area contributed by atoms with Gasteiger partial charge in [0.15, 0.2) is 0 Å². The molecule has 0 saturated heterocycles. The molecule has 96 valence electrons. The maximum absolute atomic E-state index is 13.8. The molecule has 0 aliphatic rings. The van der Waals surface area contributed by atoms with Gasteiger partial charge in [0.1, 0.15) is 5.82 Å². The van der Waals surface area contributed by atoms with Gasteiger partial charge in [-0.2, -0.15) is 5.10 Å². The number of hydrogen-bond acceptors (Lipinski definition) is 3. The first-order valence-electron chi connectivity index (χ1n) is 5.59. The number of nitrogens with two attached hydrogens (primary N) is 1. The first kappa shape index (κ1) is 12.0. The Morgan fingerprint density at radius 2 is 2.16 bits per heavy atom. The first-order chi connectivity index (χ1) is 9.15. The molecule has 3 rings (SSSR count). The molecule has 0 fully saturated rings. The third-order valence-electron chi connectivity index (χ3n) is 2.83. The van der Waals surface area contributed by atoms with Crippen molar-refractivity contribution >= 4 is 43.9 Å². The maximum atomic E-state index is 13.8. The lowest BCUT2D eigenvalue weighted by molar-refractivity contribution is 0.631. The standard InChI is InChI=1S/C13H10BrFN4/c14-8-2-1-3-9(15)13(8)18-12-5-11-7(4-10(12)16)6-17-19-11/h1-6,18H,16H2,(H,17,19). The molecule has 0 amide bonds. The Labute approximate surface area is 116 Å². The van der Waals surface area contributed by atoms with Crippen LogP contribution >= 0.6 is 15.9 Å². The van der Waals surface area contributed by atoms with Crippen molar-refractivity contribution in [3.63, 3.8) is 0 Å². The summed E-state index contributed by atoms with van der Waals surface area (Å²) in [6.45, 7) is 0. The number of anilines is 3. The molecule has 1 heterocycles. The zero-order chi connectivity index (χ0) is 13.4. The minimum atomic E-state index is -0.349. The fourth-order valence-corrected chi connectivity index (χ4v) is 2.31. The number of aromatic amines is 1. The van der Waals surface area contributed by atoms with Crippen LogP contribution in [0.2, 0.25) is 0 Å². The Bertz CT molecular complexity index is 733. The van der Waals surface area contributed by atoms with Crippen molar-refractivity contribution < 1.29 is 4.39 Å². The van der Waals surface area contributed by atoms with E-state index in [-0.39, 0.29) is 5.82 Å². The molecule has 0 saturated carbocycles.